The summed E-state index contributed by atoms with van der Waals surface area (Å²) in [6.45, 7) is -0.270. The van der Waals surface area contributed by atoms with Crippen LogP contribution in [0.5, 0.6) is 5.75 Å². The fourth-order valence-corrected chi connectivity index (χ4v) is 3.02. The highest BCUT2D eigenvalue weighted by molar-refractivity contribution is 6.02. The highest BCUT2D eigenvalue weighted by atomic mass is 19.3. The minimum Gasteiger partial charge on any atom is -0.428 e. The first-order valence-electron chi connectivity index (χ1n) is 8.59. The predicted molar refractivity (Wildman–Crippen MR) is 95.4 cm³/mol. The van der Waals surface area contributed by atoms with Gasteiger partial charge in [0.15, 0.2) is 12.2 Å². The summed E-state index contributed by atoms with van der Waals surface area (Å²) in [5.41, 5.74) is 0.194. The van der Waals surface area contributed by atoms with Gasteiger partial charge in [-0.2, -0.15) is 17.6 Å². The lowest BCUT2D eigenvalue weighted by Gasteiger charge is -2.39. The van der Waals surface area contributed by atoms with Crippen molar-refractivity contribution in [1.29, 1.82) is 0 Å². The Hall–Kier alpha value is -3.38. The van der Waals surface area contributed by atoms with E-state index in [1.165, 1.54) is 42.4 Å². The van der Waals surface area contributed by atoms with Gasteiger partial charge in [-0.05, 0) is 24.3 Å². The van der Waals surface area contributed by atoms with Gasteiger partial charge in [-0.25, -0.2) is 9.79 Å². The second kappa shape index (κ2) is 7.80. The van der Waals surface area contributed by atoms with E-state index in [2.05, 4.69) is 15.0 Å². The number of halogens is 4. The average Bonchev–Trinajstić information content (AvgIpc) is 3.09. The first-order chi connectivity index (χ1) is 14.0. The highest BCUT2D eigenvalue weighted by Crippen LogP contribution is 2.28. The number of aliphatic imine (C=N–C) groups is 1. The van der Waals surface area contributed by atoms with E-state index in [4.69, 9.17) is 0 Å². The van der Waals surface area contributed by atoms with Gasteiger partial charge >= 0.3 is 18.6 Å². The molecule has 1 aromatic rings. The number of nitrogens with zero attached hydrogens (tertiary/aromatic N) is 4. The van der Waals surface area contributed by atoms with Gasteiger partial charge in [0.05, 0.1) is 12.9 Å². The Balaban J connectivity index is 1.60. The van der Waals surface area contributed by atoms with E-state index in [0.717, 1.165) is 17.0 Å². The Kier molecular flexibility index (Phi) is 5.55. The molecule has 2 atom stereocenters. The molecule has 0 saturated carbocycles. The summed E-state index contributed by atoms with van der Waals surface area (Å²) in [6, 6.07) is 3.03. The van der Waals surface area contributed by atoms with Gasteiger partial charge in [0, 0.05) is 19.8 Å². The molecule has 2 aliphatic heterocycles. The molecule has 1 fully saturated rings. The third-order valence-electron chi connectivity index (χ3n) is 4.55. The van der Waals surface area contributed by atoms with Crippen LogP contribution < -0.4 is 10.1 Å². The molecule has 3 rings (SSSR count). The number of hydrogen-bond donors (Lipinski definition) is 1. The standard InChI is InChI=1S/C17H17F4N5O4/c1-24-13-12(14(28)25(2)16(24)29)26(8-22-13)7-11(27)23-9-3-5-10(6-4-9)30-17(20,21)15(18)19/h3-6,8,12-13,15H,7H2,1-2H3,(H,23,27). The van der Waals surface area contributed by atoms with E-state index in [9.17, 15) is 31.9 Å². The summed E-state index contributed by atoms with van der Waals surface area (Å²) in [5.74, 6) is -1.56. The Labute approximate surface area is 167 Å². The topological polar surface area (TPSA) is 94.6 Å². The largest absolute Gasteiger partial charge is 0.461 e. The highest BCUT2D eigenvalue weighted by Gasteiger charge is 2.48. The Morgan fingerprint density at radius 1 is 1.23 bits per heavy atom. The molecule has 9 nitrogen and oxygen atoms in total. The van der Waals surface area contributed by atoms with Crippen LogP contribution >= 0.6 is 0 Å². The number of fused-ring (bicyclic) bond motifs is 1. The van der Waals surface area contributed by atoms with Crippen LogP contribution in [0.3, 0.4) is 0 Å². The lowest BCUT2D eigenvalue weighted by molar-refractivity contribution is -0.253. The fraction of sp³-hybridized carbons (Fsp3) is 0.412. The first kappa shape index (κ1) is 21.3. The number of amides is 4. The molecule has 0 aromatic heterocycles. The number of carbonyl (C=O) groups is 3. The van der Waals surface area contributed by atoms with E-state index in [-0.39, 0.29) is 12.2 Å². The molecule has 0 aliphatic carbocycles. The summed E-state index contributed by atoms with van der Waals surface area (Å²) in [5, 5.41) is 2.48. The molecule has 1 N–H and O–H groups in total. The number of hydrogen-bond acceptors (Lipinski definition) is 6. The number of ether oxygens (including phenoxy) is 1. The van der Waals surface area contributed by atoms with Crippen LogP contribution in [0, 0.1) is 0 Å². The second-order valence-corrected chi connectivity index (χ2v) is 6.62. The Bertz CT molecular complexity index is 879. The number of anilines is 1. The molecule has 0 radical (unpaired) electrons. The van der Waals surface area contributed by atoms with Crippen molar-refractivity contribution in [3.8, 4) is 5.75 Å². The van der Waals surface area contributed by atoms with Crippen molar-refractivity contribution in [3.63, 3.8) is 0 Å². The van der Waals surface area contributed by atoms with Crippen LogP contribution in [-0.4, -0.2) is 84.3 Å². The molecule has 0 bridgehead atoms. The first-order valence-corrected chi connectivity index (χ1v) is 8.59. The number of imide groups is 1. The van der Waals surface area contributed by atoms with Crippen molar-refractivity contribution in [2.75, 3.05) is 26.0 Å². The van der Waals surface area contributed by atoms with Crippen molar-refractivity contribution in [3.05, 3.63) is 24.3 Å². The lowest BCUT2D eigenvalue weighted by atomic mass is 10.1. The summed E-state index contributed by atoms with van der Waals surface area (Å²) in [6.07, 6.45) is -8.07. The van der Waals surface area contributed by atoms with E-state index in [1.54, 1.807) is 0 Å². The van der Waals surface area contributed by atoms with E-state index < -0.39 is 48.3 Å². The van der Waals surface area contributed by atoms with Crippen molar-refractivity contribution < 1.29 is 36.7 Å². The second-order valence-electron chi connectivity index (χ2n) is 6.62. The van der Waals surface area contributed by atoms with E-state index in [0.29, 0.717) is 0 Å². The van der Waals surface area contributed by atoms with E-state index >= 15 is 0 Å². The quantitative estimate of drug-likeness (QED) is 0.688. The maximum atomic E-state index is 12.9. The monoisotopic (exact) mass is 431 g/mol. The molecular weight excluding hydrogens is 414 g/mol. The number of likely N-dealkylation sites (N-methyl/N-ethyl adjacent to an activating group) is 2. The maximum absolute atomic E-state index is 12.9. The average molecular weight is 431 g/mol. The van der Waals surface area contributed by atoms with Crippen LogP contribution in [0.15, 0.2) is 29.3 Å². The lowest BCUT2D eigenvalue weighted by Crippen LogP contribution is -2.64. The molecular formula is C17H17F4N5O4. The molecule has 1 aromatic carbocycles. The van der Waals surface area contributed by atoms with Crippen molar-refractivity contribution >= 4 is 29.9 Å². The molecule has 2 aliphatic rings. The van der Waals surface area contributed by atoms with Crippen LogP contribution in [0.1, 0.15) is 0 Å². The third-order valence-corrected chi connectivity index (χ3v) is 4.55. The molecule has 2 unspecified atom stereocenters. The molecule has 13 heteroatoms. The number of alkyl halides is 4. The van der Waals surface area contributed by atoms with Crippen LogP contribution in [0.4, 0.5) is 28.0 Å². The minimum absolute atomic E-state index is 0.194. The molecule has 162 valence electrons. The van der Waals surface area contributed by atoms with Crippen molar-refractivity contribution in [2.24, 2.45) is 4.99 Å². The maximum Gasteiger partial charge on any atom is 0.461 e. The summed E-state index contributed by atoms with van der Waals surface area (Å²) in [7, 11) is 2.82. The van der Waals surface area contributed by atoms with Crippen molar-refractivity contribution in [2.45, 2.75) is 24.7 Å². The van der Waals surface area contributed by atoms with Crippen LogP contribution in [0.25, 0.3) is 0 Å². The number of nitrogens with one attached hydrogen (secondary N) is 1. The zero-order valence-corrected chi connectivity index (χ0v) is 15.8. The molecule has 2 heterocycles. The summed E-state index contributed by atoms with van der Waals surface area (Å²) >= 11 is 0. The van der Waals surface area contributed by atoms with Gasteiger partial charge in [-0.1, -0.05) is 0 Å². The van der Waals surface area contributed by atoms with Crippen molar-refractivity contribution in [1.82, 2.24) is 14.7 Å². The zero-order chi connectivity index (χ0) is 22.2. The molecule has 1 saturated heterocycles. The molecule has 0 spiro atoms. The molecule has 30 heavy (non-hydrogen) atoms. The summed E-state index contributed by atoms with van der Waals surface area (Å²) in [4.78, 5) is 44.4. The Morgan fingerprint density at radius 2 is 1.87 bits per heavy atom. The number of benzene rings is 1. The van der Waals surface area contributed by atoms with Crippen LogP contribution in [0.2, 0.25) is 0 Å². The molecule has 4 amide bonds. The number of carbonyl (C=O) groups excluding carboxylic acids is 3. The van der Waals surface area contributed by atoms with Crippen LogP contribution in [-0.2, 0) is 9.59 Å². The van der Waals surface area contributed by atoms with Gasteiger partial charge < -0.3 is 19.9 Å². The zero-order valence-electron chi connectivity index (χ0n) is 15.8. The normalized spacial score (nSPS) is 21.4. The van der Waals surface area contributed by atoms with Gasteiger partial charge in [-0.3, -0.25) is 14.5 Å². The SMILES string of the molecule is CN1C(=O)C2C(N=CN2CC(=O)Nc2ccc(OC(F)(F)C(F)F)cc2)N(C)C1=O. The Morgan fingerprint density at radius 3 is 2.47 bits per heavy atom. The van der Waals surface area contributed by atoms with E-state index in [1.807, 2.05) is 0 Å². The fourth-order valence-electron chi connectivity index (χ4n) is 3.02. The minimum atomic E-state index is -4.63. The smallest absolute Gasteiger partial charge is 0.428 e. The number of rotatable bonds is 6. The van der Waals surface area contributed by atoms with Gasteiger partial charge in [-0.15, -0.1) is 0 Å². The predicted octanol–water partition coefficient (Wildman–Crippen LogP) is 1.42. The van der Waals surface area contributed by atoms with Gasteiger partial charge in [0.2, 0.25) is 5.91 Å². The number of urea groups is 1. The third kappa shape index (κ3) is 4.00. The van der Waals surface area contributed by atoms with Gasteiger partial charge in [0.1, 0.15) is 5.75 Å². The summed E-state index contributed by atoms with van der Waals surface area (Å²) < 4.78 is 54.1. The van der Waals surface area contributed by atoms with Gasteiger partial charge in [0.25, 0.3) is 5.91 Å².